The lowest BCUT2D eigenvalue weighted by atomic mass is 10.3. The molecule has 0 bridgehead atoms. The molecule has 110 valence electrons. The quantitative estimate of drug-likeness (QED) is 0.639. The Morgan fingerprint density at radius 2 is 2.40 bits per heavy atom. The average Bonchev–Trinajstić information content (AvgIpc) is 3.10. The topological polar surface area (TPSA) is 72.5 Å². The van der Waals surface area contributed by atoms with Crippen molar-refractivity contribution in [2.75, 3.05) is 19.8 Å². The van der Waals surface area contributed by atoms with Gasteiger partial charge in [0.05, 0.1) is 25.6 Å². The summed E-state index contributed by atoms with van der Waals surface area (Å²) in [6.45, 7) is 3.56. The molecule has 0 saturated heterocycles. The number of hydrogen-bond acceptors (Lipinski definition) is 5. The molecule has 2 N–H and O–H groups in total. The molecule has 6 nitrogen and oxygen atoms in total. The molecule has 0 unspecified atom stereocenters. The zero-order valence-electron chi connectivity index (χ0n) is 11.5. The van der Waals surface area contributed by atoms with Gasteiger partial charge in [0, 0.05) is 24.9 Å². The van der Waals surface area contributed by atoms with Crippen molar-refractivity contribution >= 4 is 0 Å². The molecule has 0 aliphatic heterocycles. The van der Waals surface area contributed by atoms with Gasteiger partial charge in [-0.3, -0.25) is 4.68 Å². The summed E-state index contributed by atoms with van der Waals surface area (Å²) in [7, 11) is 0. The molecule has 0 saturated carbocycles. The lowest BCUT2D eigenvalue weighted by Crippen LogP contribution is -2.16. The summed E-state index contributed by atoms with van der Waals surface area (Å²) in [5.41, 5.74) is 1.12. The molecule has 0 amide bonds. The van der Waals surface area contributed by atoms with Gasteiger partial charge < -0.3 is 19.6 Å². The molecule has 2 rings (SSSR count). The highest BCUT2D eigenvalue weighted by atomic mass is 16.5. The zero-order valence-corrected chi connectivity index (χ0v) is 11.5. The number of aliphatic hydroxyl groups excluding tert-OH is 1. The molecule has 0 aromatic carbocycles. The number of nitrogens with zero attached hydrogens (tertiary/aromatic N) is 2. The van der Waals surface area contributed by atoms with Crippen LogP contribution in [0.4, 0.5) is 0 Å². The molecule has 0 aliphatic carbocycles. The number of ether oxygens (including phenoxy) is 1. The Labute approximate surface area is 118 Å². The Morgan fingerprint density at radius 1 is 1.45 bits per heavy atom. The van der Waals surface area contributed by atoms with E-state index in [1.165, 1.54) is 0 Å². The number of furan rings is 1. The fourth-order valence-electron chi connectivity index (χ4n) is 1.82. The minimum absolute atomic E-state index is 0.113. The highest BCUT2D eigenvalue weighted by molar-refractivity contribution is 5.03. The second kappa shape index (κ2) is 8.52. The van der Waals surface area contributed by atoms with Crippen LogP contribution in [-0.2, 0) is 24.4 Å². The van der Waals surface area contributed by atoms with Gasteiger partial charge in [-0.1, -0.05) is 0 Å². The predicted octanol–water partition coefficient (Wildman–Crippen LogP) is 1.16. The van der Waals surface area contributed by atoms with E-state index in [9.17, 15) is 0 Å². The predicted molar refractivity (Wildman–Crippen MR) is 74.0 cm³/mol. The molecule has 0 aliphatic rings. The SMILES string of the molecule is OCCn1cc(CNCCCOCc2ccco2)cn1. The first-order valence-corrected chi connectivity index (χ1v) is 6.81. The Balaban J connectivity index is 1.48. The van der Waals surface area contributed by atoms with E-state index in [2.05, 4.69) is 10.4 Å². The van der Waals surface area contributed by atoms with E-state index in [0.29, 0.717) is 19.8 Å². The molecule has 0 fully saturated rings. The van der Waals surface area contributed by atoms with E-state index >= 15 is 0 Å². The second-order valence-electron chi connectivity index (χ2n) is 4.50. The molecule has 0 radical (unpaired) electrons. The molecule has 2 aromatic rings. The van der Waals surface area contributed by atoms with Gasteiger partial charge >= 0.3 is 0 Å². The Bertz CT molecular complexity index is 468. The van der Waals surface area contributed by atoms with Gasteiger partial charge in [0.15, 0.2) is 0 Å². The van der Waals surface area contributed by atoms with Crippen LogP contribution < -0.4 is 5.32 Å². The van der Waals surface area contributed by atoms with Crippen molar-refractivity contribution in [3.63, 3.8) is 0 Å². The Kier molecular flexibility index (Phi) is 6.30. The van der Waals surface area contributed by atoms with Crippen LogP contribution in [0.5, 0.6) is 0 Å². The van der Waals surface area contributed by atoms with Crippen LogP contribution in [-0.4, -0.2) is 34.6 Å². The number of hydrogen-bond donors (Lipinski definition) is 2. The van der Waals surface area contributed by atoms with E-state index < -0.39 is 0 Å². The fourth-order valence-corrected chi connectivity index (χ4v) is 1.82. The number of rotatable bonds is 10. The summed E-state index contributed by atoms with van der Waals surface area (Å²) in [6.07, 6.45) is 6.36. The summed E-state index contributed by atoms with van der Waals surface area (Å²) in [4.78, 5) is 0. The van der Waals surface area contributed by atoms with Gasteiger partial charge in [-0.2, -0.15) is 5.10 Å². The van der Waals surface area contributed by atoms with Crippen molar-refractivity contribution in [3.8, 4) is 0 Å². The van der Waals surface area contributed by atoms with Gasteiger partial charge in [0.2, 0.25) is 0 Å². The highest BCUT2D eigenvalue weighted by Gasteiger charge is 1.98. The maximum absolute atomic E-state index is 8.80. The molecular formula is C14H21N3O3. The van der Waals surface area contributed by atoms with Crippen molar-refractivity contribution in [3.05, 3.63) is 42.1 Å². The summed E-state index contributed by atoms with van der Waals surface area (Å²) < 4.78 is 12.4. The second-order valence-corrected chi connectivity index (χ2v) is 4.50. The van der Waals surface area contributed by atoms with E-state index in [-0.39, 0.29) is 6.61 Å². The first kappa shape index (κ1) is 14.8. The van der Waals surface area contributed by atoms with Crippen molar-refractivity contribution in [2.45, 2.75) is 26.1 Å². The van der Waals surface area contributed by atoms with E-state index in [1.54, 1.807) is 10.9 Å². The zero-order chi connectivity index (χ0) is 14.0. The summed E-state index contributed by atoms with van der Waals surface area (Å²) in [5.74, 6) is 0.856. The molecule has 2 heterocycles. The van der Waals surface area contributed by atoms with E-state index in [0.717, 1.165) is 30.8 Å². The fraction of sp³-hybridized carbons (Fsp3) is 0.500. The first-order valence-electron chi connectivity index (χ1n) is 6.81. The standard InChI is InChI=1S/C14H21N3O3/c18-6-5-17-11-13(10-16-17)9-15-4-2-7-19-12-14-3-1-8-20-14/h1,3,8,10-11,15,18H,2,4-7,9,12H2. The molecule has 0 atom stereocenters. The summed E-state index contributed by atoms with van der Waals surface area (Å²) >= 11 is 0. The Morgan fingerprint density at radius 3 is 3.20 bits per heavy atom. The molecular weight excluding hydrogens is 258 g/mol. The van der Waals surface area contributed by atoms with Gasteiger partial charge in [-0.05, 0) is 25.1 Å². The maximum atomic E-state index is 8.80. The highest BCUT2D eigenvalue weighted by Crippen LogP contribution is 2.02. The molecule has 20 heavy (non-hydrogen) atoms. The van der Waals surface area contributed by atoms with Crippen LogP contribution in [0.25, 0.3) is 0 Å². The number of aliphatic hydroxyl groups is 1. The van der Waals surface area contributed by atoms with Gasteiger partial charge in [0.1, 0.15) is 12.4 Å². The third-order valence-electron chi connectivity index (χ3n) is 2.81. The van der Waals surface area contributed by atoms with Crippen molar-refractivity contribution in [2.24, 2.45) is 0 Å². The van der Waals surface area contributed by atoms with E-state index in [1.807, 2.05) is 24.5 Å². The van der Waals surface area contributed by atoms with Crippen molar-refractivity contribution < 1.29 is 14.3 Å². The van der Waals surface area contributed by atoms with Gasteiger partial charge in [-0.25, -0.2) is 0 Å². The van der Waals surface area contributed by atoms with Crippen LogP contribution in [0.3, 0.4) is 0 Å². The van der Waals surface area contributed by atoms with Crippen LogP contribution in [0.2, 0.25) is 0 Å². The molecule has 0 spiro atoms. The Hall–Kier alpha value is -1.63. The van der Waals surface area contributed by atoms with Crippen LogP contribution in [0, 0.1) is 0 Å². The van der Waals surface area contributed by atoms with Crippen LogP contribution in [0.15, 0.2) is 35.2 Å². The minimum atomic E-state index is 0.113. The minimum Gasteiger partial charge on any atom is -0.467 e. The lowest BCUT2D eigenvalue weighted by Gasteiger charge is -2.04. The van der Waals surface area contributed by atoms with Crippen LogP contribution >= 0.6 is 0 Å². The maximum Gasteiger partial charge on any atom is 0.129 e. The summed E-state index contributed by atoms with van der Waals surface area (Å²) in [5, 5.41) is 16.3. The largest absolute Gasteiger partial charge is 0.467 e. The molecule has 6 heteroatoms. The normalized spacial score (nSPS) is 11.1. The summed E-state index contributed by atoms with van der Waals surface area (Å²) in [6, 6.07) is 3.76. The lowest BCUT2D eigenvalue weighted by molar-refractivity contribution is 0.104. The number of nitrogens with one attached hydrogen (secondary N) is 1. The smallest absolute Gasteiger partial charge is 0.129 e. The third kappa shape index (κ3) is 5.16. The number of aromatic nitrogens is 2. The van der Waals surface area contributed by atoms with Gasteiger partial charge in [-0.15, -0.1) is 0 Å². The average molecular weight is 279 g/mol. The van der Waals surface area contributed by atoms with Crippen molar-refractivity contribution in [1.82, 2.24) is 15.1 Å². The monoisotopic (exact) mass is 279 g/mol. The first-order chi connectivity index (χ1) is 9.88. The van der Waals surface area contributed by atoms with E-state index in [4.69, 9.17) is 14.3 Å². The molecule has 2 aromatic heterocycles. The third-order valence-corrected chi connectivity index (χ3v) is 2.81. The van der Waals surface area contributed by atoms with Gasteiger partial charge in [0.25, 0.3) is 0 Å². The van der Waals surface area contributed by atoms with Crippen molar-refractivity contribution in [1.29, 1.82) is 0 Å². The van der Waals surface area contributed by atoms with Crippen LogP contribution in [0.1, 0.15) is 17.7 Å².